The van der Waals surface area contributed by atoms with E-state index in [-0.39, 0.29) is 5.56 Å². The number of ether oxygens (including phenoxy) is 1. The maximum absolute atomic E-state index is 13.7. The fourth-order valence-electron chi connectivity index (χ4n) is 4.46. The number of pyridine rings is 1. The van der Waals surface area contributed by atoms with Gasteiger partial charge in [0.1, 0.15) is 5.75 Å². The highest BCUT2D eigenvalue weighted by atomic mass is 28.3. The fraction of sp³-hybridized carbons (Fsp3) is 0.292. The second-order valence-corrected chi connectivity index (χ2v) is 13.7. The molecule has 0 amide bonds. The Kier molecular flexibility index (Phi) is 4.54. The Morgan fingerprint density at radius 1 is 1.04 bits per heavy atom. The van der Waals surface area contributed by atoms with Crippen molar-refractivity contribution in [3.8, 4) is 17.0 Å². The first-order chi connectivity index (χ1) is 13.3. The number of nitrogens with zero attached hydrogens (tertiary/aromatic N) is 1. The molecule has 0 saturated carbocycles. The fourth-order valence-corrected chi connectivity index (χ4v) is 6.51. The zero-order valence-corrected chi connectivity index (χ0v) is 18.3. The highest BCUT2D eigenvalue weighted by molar-refractivity contribution is 6.89. The van der Waals surface area contributed by atoms with Crippen molar-refractivity contribution in [2.75, 3.05) is 7.11 Å². The van der Waals surface area contributed by atoms with Crippen LogP contribution in [0.4, 0.5) is 0 Å². The van der Waals surface area contributed by atoms with E-state index in [0.717, 1.165) is 28.6 Å². The number of aromatic nitrogens is 1. The summed E-state index contributed by atoms with van der Waals surface area (Å²) in [7, 11) is -0.115. The Morgan fingerprint density at radius 3 is 2.36 bits per heavy atom. The third kappa shape index (κ3) is 3.02. The molecule has 4 heteroatoms. The van der Waals surface area contributed by atoms with Gasteiger partial charge in [-0.15, -0.1) is 0 Å². The van der Waals surface area contributed by atoms with Crippen LogP contribution in [0.25, 0.3) is 11.3 Å². The van der Waals surface area contributed by atoms with Gasteiger partial charge in [0, 0.05) is 17.2 Å². The first-order valence-electron chi connectivity index (χ1n) is 9.79. The highest BCUT2D eigenvalue weighted by Crippen LogP contribution is 2.37. The van der Waals surface area contributed by atoms with Crippen LogP contribution in [0.1, 0.15) is 22.3 Å². The third-order valence-electron chi connectivity index (χ3n) is 5.73. The Hall–Kier alpha value is -2.59. The van der Waals surface area contributed by atoms with Gasteiger partial charge in [-0.2, -0.15) is 0 Å². The molecule has 0 fully saturated rings. The summed E-state index contributed by atoms with van der Waals surface area (Å²) >= 11 is 0. The predicted molar refractivity (Wildman–Crippen MR) is 119 cm³/mol. The molecule has 0 bridgehead atoms. The zero-order valence-electron chi connectivity index (χ0n) is 17.3. The molecule has 0 saturated heterocycles. The van der Waals surface area contributed by atoms with Crippen molar-refractivity contribution in [3.05, 3.63) is 81.1 Å². The summed E-state index contributed by atoms with van der Waals surface area (Å²) in [6, 6.07) is 16.5. The van der Waals surface area contributed by atoms with Crippen LogP contribution in [0.2, 0.25) is 19.6 Å². The summed E-state index contributed by atoms with van der Waals surface area (Å²) in [5.74, 6) is 0.832. The van der Waals surface area contributed by atoms with E-state index < -0.39 is 8.07 Å². The molecular weight excluding hydrogens is 362 g/mol. The lowest BCUT2D eigenvalue weighted by Gasteiger charge is -2.24. The van der Waals surface area contributed by atoms with E-state index >= 15 is 0 Å². The number of hydrogen-bond acceptors (Lipinski definition) is 2. The van der Waals surface area contributed by atoms with Crippen LogP contribution in [0.5, 0.6) is 5.75 Å². The summed E-state index contributed by atoms with van der Waals surface area (Å²) in [5, 5.41) is 1.06. The van der Waals surface area contributed by atoms with Gasteiger partial charge in [0.25, 0.3) is 5.56 Å². The molecule has 0 aliphatic heterocycles. The number of fused-ring (bicyclic) bond motifs is 3. The third-order valence-corrected chi connectivity index (χ3v) is 7.82. The van der Waals surface area contributed by atoms with Crippen LogP contribution >= 0.6 is 0 Å². The minimum Gasteiger partial charge on any atom is -0.497 e. The molecule has 3 nitrogen and oxygen atoms in total. The van der Waals surface area contributed by atoms with E-state index in [4.69, 9.17) is 4.74 Å². The van der Waals surface area contributed by atoms with Crippen LogP contribution < -0.4 is 15.5 Å². The standard InChI is InChI=1S/C24H27NO2Si/c1-16-21-14-18-8-6-7-9-20(18)22(21)25(24(26)23(16)28(3,4)5)15-17-10-12-19(27-2)13-11-17/h6-13H,14-15H2,1-5H3. The molecule has 0 N–H and O–H groups in total. The van der Waals surface area contributed by atoms with E-state index in [0.29, 0.717) is 6.54 Å². The molecule has 1 aliphatic carbocycles. The molecule has 28 heavy (non-hydrogen) atoms. The van der Waals surface area contributed by atoms with Crippen molar-refractivity contribution in [2.24, 2.45) is 0 Å². The lowest BCUT2D eigenvalue weighted by molar-refractivity contribution is 0.414. The van der Waals surface area contributed by atoms with Crippen LogP contribution in [-0.4, -0.2) is 19.8 Å². The SMILES string of the molecule is COc1ccc(Cn2c3c(c(C)c([Si](C)(C)C)c2=O)Cc2ccccc2-3)cc1. The summed E-state index contributed by atoms with van der Waals surface area (Å²) < 4.78 is 7.30. The van der Waals surface area contributed by atoms with Gasteiger partial charge in [-0.05, 0) is 41.3 Å². The molecule has 1 aromatic heterocycles. The summed E-state index contributed by atoms with van der Waals surface area (Å²) in [6.07, 6.45) is 0.914. The second kappa shape index (κ2) is 6.78. The Morgan fingerprint density at radius 2 is 1.71 bits per heavy atom. The molecule has 1 heterocycles. The Balaban J connectivity index is 1.96. The van der Waals surface area contributed by atoms with Crippen molar-refractivity contribution in [2.45, 2.75) is 39.5 Å². The molecule has 0 atom stereocenters. The van der Waals surface area contributed by atoms with E-state index in [1.54, 1.807) is 7.11 Å². The molecule has 1 aliphatic rings. The molecular formula is C24H27NO2Si. The molecule has 0 spiro atoms. The van der Waals surface area contributed by atoms with E-state index in [1.807, 2.05) is 28.8 Å². The zero-order chi connectivity index (χ0) is 20.1. The highest BCUT2D eigenvalue weighted by Gasteiger charge is 2.31. The monoisotopic (exact) mass is 389 g/mol. The number of rotatable bonds is 4. The quantitative estimate of drug-likeness (QED) is 0.487. The lowest BCUT2D eigenvalue weighted by atomic mass is 10.1. The Labute approximate surface area is 167 Å². The van der Waals surface area contributed by atoms with Crippen molar-refractivity contribution in [1.82, 2.24) is 4.57 Å². The minimum atomic E-state index is -1.79. The topological polar surface area (TPSA) is 31.2 Å². The Bertz CT molecular complexity index is 1110. The van der Waals surface area contributed by atoms with Gasteiger partial charge in [0.15, 0.2) is 0 Å². The van der Waals surface area contributed by atoms with Gasteiger partial charge < -0.3 is 9.30 Å². The summed E-state index contributed by atoms with van der Waals surface area (Å²) in [5.41, 5.74) is 7.45. The maximum atomic E-state index is 13.7. The average molecular weight is 390 g/mol. The molecule has 144 valence electrons. The maximum Gasteiger partial charge on any atom is 0.250 e. The first-order valence-corrected chi connectivity index (χ1v) is 13.3. The van der Waals surface area contributed by atoms with Gasteiger partial charge in [-0.25, -0.2) is 0 Å². The van der Waals surface area contributed by atoms with E-state index in [1.165, 1.54) is 22.3 Å². The first kappa shape index (κ1) is 18.8. The lowest BCUT2D eigenvalue weighted by Crippen LogP contribution is -2.53. The van der Waals surface area contributed by atoms with Crippen molar-refractivity contribution in [3.63, 3.8) is 0 Å². The number of benzene rings is 2. The molecule has 0 unspecified atom stereocenters. The largest absolute Gasteiger partial charge is 0.497 e. The van der Waals surface area contributed by atoms with E-state index in [9.17, 15) is 4.79 Å². The molecule has 4 rings (SSSR count). The van der Waals surface area contributed by atoms with Gasteiger partial charge in [-0.3, -0.25) is 4.79 Å². The van der Waals surface area contributed by atoms with Crippen LogP contribution in [-0.2, 0) is 13.0 Å². The van der Waals surface area contributed by atoms with Gasteiger partial charge >= 0.3 is 0 Å². The van der Waals surface area contributed by atoms with Gasteiger partial charge in [0.05, 0.1) is 27.4 Å². The smallest absolute Gasteiger partial charge is 0.250 e. The average Bonchev–Trinajstić information content (AvgIpc) is 3.04. The minimum absolute atomic E-state index is 0.183. The van der Waals surface area contributed by atoms with Crippen LogP contribution in [0, 0.1) is 6.92 Å². The molecule has 3 aromatic rings. The second-order valence-electron chi connectivity index (χ2n) is 8.65. The predicted octanol–water partition coefficient (Wildman–Crippen LogP) is 4.33. The van der Waals surface area contributed by atoms with E-state index in [2.05, 4.69) is 50.8 Å². The van der Waals surface area contributed by atoms with Crippen LogP contribution in [0.3, 0.4) is 0 Å². The normalized spacial score (nSPS) is 12.6. The van der Waals surface area contributed by atoms with Crippen LogP contribution in [0.15, 0.2) is 53.3 Å². The van der Waals surface area contributed by atoms with Crippen molar-refractivity contribution in [1.29, 1.82) is 0 Å². The molecule has 0 radical (unpaired) electrons. The number of methoxy groups -OCH3 is 1. The van der Waals surface area contributed by atoms with Crippen molar-refractivity contribution >= 4 is 13.3 Å². The van der Waals surface area contributed by atoms with Gasteiger partial charge in [0.2, 0.25) is 0 Å². The summed E-state index contributed by atoms with van der Waals surface area (Å²) in [4.78, 5) is 13.7. The van der Waals surface area contributed by atoms with Crippen molar-refractivity contribution < 1.29 is 4.74 Å². The van der Waals surface area contributed by atoms with Gasteiger partial charge in [-0.1, -0.05) is 56.0 Å². The summed E-state index contributed by atoms with van der Waals surface area (Å²) in [6.45, 7) is 9.53. The number of hydrogen-bond donors (Lipinski definition) is 0. The molecule has 2 aromatic carbocycles.